The highest BCUT2D eigenvalue weighted by Gasteiger charge is 2.08. The van der Waals surface area contributed by atoms with Crippen molar-refractivity contribution in [3.05, 3.63) is 64.1 Å². The molecule has 0 bridgehead atoms. The Hall–Kier alpha value is -2.14. The van der Waals surface area contributed by atoms with E-state index in [0.717, 1.165) is 21.3 Å². The van der Waals surface area contributed by atoms with Crippen molar-refractivity contribution in [2.45, 2.75) is 13.3 Å². The molecule has 0 fully saturated rings. The van der Waals surface area contributed by atoms with Crippen LogP contribution in [0, 0.1) is 6.92 Å². The van der Waals surface area contributed by atoms with Crippen molar-refractivity contribution in [2.24, 2.45) is 0 Å². The number of anilines is 1. The lowest BCUT2D eigenvalue weighted by Gasteiger charge is -2.09. The van der Waals surface area contributed by atoms with Gasteiger partial charge in [0.05, 0.1) is 13.0 Å². The quantitative estimate of drug-likeness (QED) is 0.860. The maximum atomic E-state index is 11.9. The lowest BCUT2D eigenvalue weighted by molar-refractivity contribution is -0.123. The molecule has 0 aliphatic heterocycles. The molecule has 0 saturated heterocycles. The van der Waals surface area contributed by atoms with Crippen LogP contribution in [0.1, 0.15) is 11.1 Å². The Morgan fingerprint density at radius 3 is 2.45 bits per heavy atom. The van der Waals surface area contributed by atoms with E-state index in [1.807, 2.05) is 55.5 Å². The Bertz CT molecular complexity index is 672. The molecule has 0 aromatic heterocycles. The maximum Gasteiger partial charge on any atom is 0.243 e. The summed E-state index contributed by atoms with van der Waals surface area (Å²) in [5, 5.41) is 5.40. The van der Waals surface area contributed by atoms with Gasteiger partial charge in [-0.2, -0.15) is 0 Å². The third-order valence-electron chi connectivity index (χ3n) is 3.12. The monoisotopic (exact) mass is 360 g/mol. The molecule has 114 valence electrons. The summed E-state index contributed by atoms with van der Waals surface area (Å²) < 4.78 is 0.958. The number of nitrogens with one attached hydrogen (secondary N) is 2. The van der Waals surface area contributed by atoms with E-state index in [2.05, 4.69) is 26.6 Å². The van der Waals surface area contributed by atoms with Crippen molar-refractivity contribution < 1.29 is 9.59 Å². The average Bonchev–Trinajstić information content (AvgIpc) is 2.49. The van der Waals surface area contributed by atoms with Gasteiger partial charge in [0.1, 0.15) is 0 Å². The molecule has 0 spiro atoms. The summed E-state index contributed by atoms with van der Waals surface area (Å²) in [6.07, 6.45) is 0.269. The van der Waals surface area contributed by atoms with Gasteiger partial charge < -0.3 is 10.6 Å². The molecule has 22 heavy (non-hydrogen) atoms. The van der Waals surface area contributed by atoms with Gasteiger partial charge in [0.2, 0.25) is 11.8 Å². The molecule has 2 aromatic rings. The van der Waals surface area contributed by atoms with E-state index in [-0.39, 0.29) is 24.8 Å². The number of hydrogen-bond donors (Lipinski definition) is 2. The van der Waals surface area contributed by atoms with E-state index in [4.69, 9.17) is 0 Å². The Labute approximate surface area is 138 Å². The SMILES string of the molecule is Cc1cc(Br)ccc1NC(=O)CNC(=O)Cc1ccccc1. The van der Waals surface area contributed by atoms with Gasteiger partial charge in [-0.25, -0.2) is 0 Å². The molecule has 5 heteroatoms. The van der Waals surface area contributed by atoms with Crippen molar-refractivity contribution in [1.29, 1.82) is 0 Å². The van der Waals surface area contributed by atoms with Crippen molar-refractivity contribution in [2.75, 3.05) is 11.9 Å². The van der Waals surface area contributed by atoms with E-state index >= 15 is 0 Å². The number of aryl methyl sites for hydroxylation is 1. The van der Waals surface area contributed by atoms with Gasteiger partial charge in [-0.1, -0.05) is 46.3 Å². The first kappa shape index (κ1) is 16.2. The Morgan fingerprint density at radius 2 is 1.77 bits per heavy atom. The number of halogens is 1. The highest BCUT2D eigenvalue weighted by molar-refractivity contribution is 9.10. The number of rotatable bonds is 5. The van der Waals surface area contributed by atoms with Crippen LogP contribution in [-0.4, -0.2) is 18.4 Å². The Morgan fingerprint density at radius 1 is 1.05 bits per heavy atom. The molecule has 4 nitrogen and oxygen atoms in total. The highest BCUT2D eigenvalue weighted by Crippen LogP contribution is 2.19. The lowest BCUT2D eigenvalue weighted by Crippen LogP contribution is -2.33. The van der Waals surface area contributed by atoms with E-state index in [0.29, 0.717) is 0 Å². The van der Waals surface area contributed by atoms with Gasteiger partial charge in [-0.05, 0) is 36.2 Å². The van der Waals surface area contributed by atoms with Crippen LogP contribution in [0.2, 0.25) is 0 Å². The van der Waals surface area contributed by atoms with Gasteiger partial charge in [-0.15, -0.1) is 0 Å². The van der Waals surface area contributed by atoms with Crippen LogP contribution in [0.5, 0.6) is 0 Å². The van der Waals surface area contributed by atoms with Gasteiger partial charge in [0.15, 0.2) is 0 Å². The minimum absolute atomic E-state index is 0.0405. The van der Waals surface area contributed by atoms with Crippen LogP contribution in [0.25, 0.3) is 0 Å². The summed E-state index contributed by atoms with van der Waals surface area (Å²) >= 11 is 3.37. The topological polar surface area (TPSA) is 58.2 Å². The molecule has 0 saturated carbocycles. The van der Waals surface area contributed by atoms with Crippen molar-refractivity contribution in [1.82, 2.24) is 5.32 Å². The molecular weight excluding hydrogens is 344 g/mol. The zero-order valence-corrected chi connectivity index (χ0v) is 13.8. The number of carbonyl (C=O) groups is 2. The molecule has 0 heterocycles. The molecule has 0 radical (unpaired) electrons. The largest absolute Gasteiger partial charge is 0.347 e. The zero-order valence-electron chi connectivity index (χ0n) is 12.2. The average molecular weight is 361 g/mol. The third kappa shape index (κ3) is 5.00. The Kier molecular flexibility index (Phi) is 5.72. The summed E-state index contributed by atoms with van der Waals surface area (Å²) in [5.41, 5.74) is 2.62. The predicted molar refractivity (Wildman–Crippen MR) is 90.7 cm³/mol. The van der Waals surface area contributed by atoms with Gasteiger partial charge in [-0.3, -0.25) is 9.59 Å². The third-order valence-corrected chi connectivity index (χ3v) is 3.61. The molecule has 0 atom stereocenters. The minimum atomic E-state index is -0.244. The smallest absolute Gasteiger partial charge is 0.243 e. The standard InChI is InChI=1S/C17H17BrN2O2/c1-12-9-14(18)7-8-15(12)20-17(22)11-19-16(21)10-13-5-3-2-4-6-13/h2-9H,10-11H2,1H3,(H,19,21)(H,20,22). The molecule has 0 aliphatic rings. The molecule has 2 rings (SSSR count). The van der Waals surface area contributed by atoms with Crippen LogP contribution in [0.4, 0.5) is 5.69 Å². The molecule has 0 unspecified atom stereocenters. The van der Waals surface area contributed by atoms with Crippen LogP contribution in [0.3, 0.4) is 0 Å². The highest BCUT2D eigenvalue weighted by atomic mass is 79.9. The number of carbonyl (C=O) groups excluding carboxylic acids is 2. The second kappa shape index (κ2) is 7.75. The molecular formula is C17H17BrN2O2. The van der Waals surface area contributed by atoms with Gasteiger partial charge in [0, 0.05) is 10.2 Å². The molecule has 2 N–H and O–H groups in total. The van der Waals surface area contributed by atoms with Crippen molar-refractivity contribution in [3.63, 3.8) is 0 Å². The first-order chi connectivity index (χ1) is 10.5. The van der Waals surface area contributed by atoms with E-state index < -0.39 is 0 Å². The minimum Gasteiger partial charge on any atom is -0.347 e. The number of benzene rings is 2. The summed E-state index contributed by atoms with van der Waals surface area (Å²) in [4.78, 5) is 23.7. The number of amides is 2. The van der Waals surface area contributed by atoms with E-state index in [1.165, 1.54) is 0 Å². The fourth-order valence-electron chi connectivity index (χ4n) is 1.98. The molecule has 2 amide bonds. The van der Waals surface area contributed by atoms with Crippen LogP contribution in [0.15, 0.2) is 53.0 Å². The normalized spacial score (nSPS) is 10.1. The van der Waals surface area contributed by atoms with Crippen LogP contribution in [-0.2, 0) is 16.0 Å². The molecule has 0 aliphatic carbocycles. The fraction of sp³-hybridized carbons (Fsp3) is 0.176. The fourth-order valence-corrected chi connectivity index (χ4v) is 2.46. The summed E-state index contributed by atoms with van der Waals surface area (Å²) in [7, 11) is 0. The first-order valence-electron chi connectivity index (χ1n) is 6.91. The van der Waals surface area contributed by atoms with Gasteiger partial charge >= 0.3 is 0 Å². The summed E-state index contributed by atoms with van der Waals surface area (Å²) in [5.74, 6) is -0.416. The first-order valence-corrected chi connectivity index (χ1v) is 7.70. The molecule has 2 aromatic carbocycles. The summed E-state index contributed by atoms with van der Waals surface area (Å²) in [6.45, 7) is 1.87. The van der Waals surface area contributed by atoms with Crippen LogP contribution >= 0.6 is 15.9 Å². The second-order valence-electron chi connectivity index (χ2n) is 4.95. The maximum absolute atomic E-state index is 11.9. The van der Waals surface area contributed by atoms with Crippen LogP contribution < -0.4 is 10.6 Å². The van der Waals surface area contributed by atoms with Crippen molar-refractivity contribution >= 4 is 33.4 Å². The van der Waals surface area contributed by atoms with Crippen molar-refractivity contribution in [3.8, 4) is 0 Å². The van der Waals surface area contributed by atoms with E-state index in [1.54, 1.807) is 0 Å². The Balaban J connectivity index is 1.81. The van der Waals surface area contributed by atoms with E-state index in [9.17, 15) is 9.59 Å². The second-order valence-corrected chi connectivity index (χ2v) is 5.86. The summed E-state index contributed by atoms with van der Waals surface area (Å²) in [6, 6.07) is 15.0. The lowest BCUT2D eigenvalue weighted by atomic mass is 10.1. The zero-order chi connectivity index (χ0) is 15.9. The number of hydrogen-bond acceptors (Lipinski definition) is 2. The van der Waals surface area contributed by atoms with Gasteiger partial charge in [0.25, 0.3) is 0 Å². The predicted octanol–water partition coefficient (Wildman–Crippen LogP) is 3.05.